The number of nitro benzene ring substituents is 1. The van der Waals surface area contributed by atoms with Crippen LogP contribution in [0.2, 0.25) is 0 Å². The van der Waals surface area contributed by atoms with E-state index in [2.05, 4.69) is 15.3 Å². The third-order valence-electron chi connectivity index (χ3n) is 2.68. The molecule has 3 rings (SSSR count). The first-order valence-electron chi connectivity index (χ1n) is 5.77. The fraction of sp³-hybridized carbons (Fsp3) is 0.0833. The molecule has 0 atom stereocenters. The molecule has 20 heavy (non-hydrogen) atoms. The van der Waals surface area contributed by atoms with E-state index in [1.165, 1.54) is 17.0 Å². The van der Waals surface area contributed by atoms with E-state index in [1.807, 2.05) is 0 Å². The van der Waals surface area contributed by atoms with Crippen LogP contribution in [0.5, 0.6) is 0 Å². The first-order valence-corrected chi connectivity index (χ1v) is 5.77. The van der Waals surface area contributed by atoms with Gasteiger partial charge in [-0.2, -0.15) is 0 Å². The number of aromatic nitrogens is 4. The molecule has 2 aromatic heterocycles. The first kappa shape index (κ1) is 12.0. The minimum absolute atomic E-state index is 0.0432. The third-order valence-corrected chi connectivity index (χ3v) is 2.68. The minimum atomic E-state index is -0.445. The number of benzene rings is 1. The molecule has 0 fully saturated rings. The molecule has 0 saturated heterocycles. The molecular formula is C12H9N5O3. The number of nitro groups is 1. The van der Waals surface area contributed by atoms with Gasteiger partial charge < -0.3 is 4.84 Å². The van der Waals surface area contributed by atoms with Crippen molar-refractivity contribution in [1.29, 1.82) is 0 Å². The fourth-order valence-corrected chi connectivity index (χ4v) is 1.68. The number of nitrogens with zero attached hydrogens (tertiary/aromatic N) is 5. The zero-order chi connectivity index (χ0) is 13.9. The average Bonchev–Trinajstić information content (AvgIpc) is 2.89. The maximum absolute atomic E-state index is 10.5. The van der Waals surface area contributed by atoms with Gasteiger partial charge in [0.1, 0.15) is 12.1 Å². The maximum atomic E-state index is 10.5. The van der Waals surface area contributed by atoms with E-state index in [-0.39, 0.29) is 12.3 Å². The van der Waals surface area contributed by atoms with Gasteiger partial charge in [-0.05, 0) is 35.0 Å². The highest BCUT2D eigenvalue weighted by molar-refractivity contribution is 5.68. The molecule has 2 heterocycles. The van der Waals surface area contributed by atoms with Crippen molar-refractivity contribution in [2.45, 2.75) is 6.61 Å². The molecule has 0 radical (unpaired) electrons. The molecular weight excluding hydrogens is 262 g/mol. The smallest absolute Gasteiger partial charge is 0.269 e. The summed E-state index contributed by atoms with van der Waals surface area (Å²) in [6, 6.07) is 9.65. The Morgan fingerprint density at radius 2 is 2.05 bits per heavy atom. The van der Waals surface area contributed by atoms with Crippen LogP contribution < -0.4 is 4.84 Å². The molecule has 0 N–H and O–H groups in total. The fourth-order valence-electron chi connectivity index (χ4n) is 1.68. The van der Waals surface area contributed by atoms with Crippen LogP contribution in [0.1, 0.15) is 5.56 Å². The van der Waals surface area contributed by atoms with Crippen LogP contribution in [0.3, 0.4) is 0 Å². The third kappa shape index (κ3) is 2.26. The largest absolute Gasteiger partial charge is 0.389 e. The molecule has 8 nitrogen and oxygen atoms in total. The second-order valence-electron chi connectivity index (χ2n) is 4.01. The van der Waals surface area contributed by atoms with Crippen molar-refractivity contribution in [2.24, 2.45) is 0 Å². The summed E-state index contributed by atoms with van der Waals surface area (Å²) in [5, 5.41) is 18.3. The van der Waals surface area contributed by atoms with E-state index >= 15 is 0 Å². The summed E-state index contributed by atoms with van der Waals surface area (Å²) >= 11 is 0. The standard InChI is InChI=1S/C12H9N5O3/c18-17(19)10-5-3-9(4-6-10)8-20-16-12-11(14-15-16)2-1-7-13-12/h1-7H,8H2. The van der Waals surface area contributed by atoms with Crippen molar-refractivity contribution in [1.82, 2.24) is 20.1 Å². The van der Waals surface area contributed by atoms with Crippen LogP contribution in [0.25, 0.3) is 11.2 Å². The van der Waals surface area contributed by atoms with Gasteiger partial charge in [0.2, 0.25) is 5.65 Å². The highest BCUT2D eigenvalue weighted by Gasteiger charge is 2.07. The van der Waals surface area contributed by atoms with Gasteiger partial charge in [-0.15, -0.1) is 5.10 Å². The first-order chi connectivity index (χ1) is 9.74. The van der Waals surface area contributed by atoms with Crippen molar-refractivity contribution < 1.29 is 9.76 Å². The topological polar surface area (TPSA) is 96.0 Å². The normalized spacial score (nSPS) is 10.6. The number of hydrogen-bond donors (Lipinski definition) is 0. The van der Waals surface area contributed by atoms with Gasteiger partial charge in [0.15, 0.2) is 0 Å². The molecule has 0 spiro atoms. The molecule has 3 aromatic rings. The van der Waals surface area contributed by atoms with Crippen LogP contribution >= 0.6 is 0 Å². The van der Waals surface area contributed by atoms with Crippen molar-refractivity contribution in [3.05, 3.63) is 58.3 Å². The highest BCUT2D eigenvalue weighted by Crippen LogP contribution is 2.12. The summed E-state index contributed by atoms with van der Waals surface area (Å²) in [5.41, 5.74) is 1.99. The van der Waals surface area contributed by atoms with E-state index in [0.717, 1.165) is 5.56 Å². The van der Waals surface area contributed by atoms with Gasteiger partial charge in [0, 0.05) is 18.3 Å². The molecule has 8 heteroatoms. The van der Waals surface area contributed by atoms with Gasteiger partial charge in [0.25, 0.3) is 5.69 Å². The summed E-state index contributed by atoms with van der Waals surface area (Å²) in [7, 11) is 0. The van der Waals surface area contributed by atoms with Crippen LogP contribution in [-0.2, 0) is 6.61 Å². The van der Waals surface area contributed by atoms with E-state index in [9.17, 15) is 10.1 Å². The van der Waals surface area contributed by atoms with Crippen molar-refractivity contribution in [2.75, 3.05) is 0 Å². The van der Waals surface area contributed by atoms with E-state index in [0.29, 0.717) is 11.2 Å². The molecule has 100 valence electrons. The Morgan fingerprint density at radius 3 is 2.80 bits per heavy atom. The summed E-state index contributed by atoms with van der Waals surface area (Å²) in [6.07, 6.45) is 1.62. The van der Waals surface area contributed by atoms with Crippen LogP contribution in [0, 0.1) is 10.1 Å². The van der Waals surface area contributed by atoms with E-state index < -0.39 is 4.92 Å². The molecule has 1 aromatic carbocycles. The Balaban J connectivity index is 1.74. The van der Waals surface area contributed by atoms with Crippen LogP contribution in [0.4, 0.5) is 5.69 Å². The molecule has 0 aliphatic heterocycles. The molecule has 0 amide bonds. The SMILES string of the molecule is O=[N+]([O-])c1ccc(COn2nnc3cccnc32)cc1. The zero-order valence-electron chi connectivity index (χ0n) is 10.2. The summed E-state index contributed by atoms with van der Waals surface area (Å²) in [6.45, 7) is 0.215. The molecule has 0 aliphatic carbocycles. The van der Waals surface area contributed by atoms with Crippen molar-refractivity contribution >= 4 is 16.9 Å². The Labute approximate surface area is 112 Å². The molecule has 0 bridgehead atoms. The highest BCUT2D eigenvalue weighted by atomic mass is 16.7. The van der Waals surface area contributed by atoms with E-state index in [1.54, 1.807) is 30.5 Å². The number of rotatable bonds is 4. The molecule has 0 unspecified atom stereocenters. The van der Waals surface area contributed by atoms with Crippen molar-refractivity contribution in [3.63, 3.8) is 0 Å². The predicted octanol–water partition coefficient (Wildman–Crippen LogP) is 1.36. The number of non-ortho nitro benzene ring substituents is 1. The Bertz CT molecular complexity index is 753. The Kier molecular flexibility index (Phi) is 2.96. The quantitative estimate of drug-likeness (QED) is 0.525. The van der Waals surface area contributed by atoms with Crippen LogP contribution in [-0.4, -0.2) is 25.1 Å². The lowest BCUT2D eigenvalue weighted by molar-refractivity contribution is -0.384. The van der Waals surface area contributed by atoms with Crippen molar-refractivity contribution in [3.8, 4) is 0 Å². The summed E-state index contributed by atoms with van der Waals surface area (Å²) < 4.78 is 0. The second-order valence-corrected chi connectivity index (χ2v) is 4.01. The lowest BCUT2D eigenvalue weighted by atomic mass is 10.2. The summed E-state index contributed by atoms with van der Waals surface area (Å²) in [5.74, 6) is 0. The Morgan fingerprint density at radius 1 is 1.25 bits per heavy atom. The van der Waals surface area contributed by atoms with Gasteiger partial charge >= 0.3 is 0 Å². The lowest BCUT2D eigenvalue weighted by Gasteiger charge is -2.04. The van der Waals surface area contributed by atoms with Gasteiger partial charge in [-0.3, -0.25) is 10.1 Å². The summed E-state index contributed by atoms with van der Waals surface area (Å²) in [4.78, 5) is 20.9. The zero-order valence-corrected chi connectivity index (χ0v) is 10.2. The van der Waals surface area contributed by atoms with Gasteiger partial charge in [-0.1, -0.05) is 4.85 Å². The lowest BCUT2D eigenvalue weighted by Crippen LogP contribution is -2.13. The van der Waals surface area contributed by atoms with Gasteiger partial charge in [0.05, 0.1) is 4.92 Å². The number of hydrogen-bond acceptors (Lipinski definition) is 6. The minimum Gasteiger partial charge on any atom is -0.389 e. The monoisotopic (exact) mass is 271 g/mol. The molecule has 0 saturated carbocycles. The van der Waals surface area contributed by atoms with Crippen LogP contribution in [0.15, 0.2) is 42.6 Å². The Hall–Kier alpha value is -3.03. The van der Waals surface area contributed by atoms with E-state index in [4.69, 9.17) is 4.84 Å². The number of pyridine rings is 1. The predicted molar refractivity (Wildman–Crippen MR) is 68.7 cm³/mol. The van der Waals surface area contributed by atoms with Gasteiger partial charge in [-0.25, -0.2) is 4.98 Å². The second kappa shape index (κ2) is 4.92. The number of fused-ring (bicyclic) bond motifs is 1. The average molecular weight is 271 g/mol. The molecule has 0 aliphatic rings. The maximum Gasteiger partial charge on any atom is 0.269 e.